The van der Waals surface area contributed by atoms with Gasteiger partial charge in [0.15, 0.2) is 0 Å². The van der Waals surface area contributed by atoms with Crippen molar-refractivity contribution in [3.8, 4) is 0 Å². The predicted molar refractivity (Wildman–Crippen MR) is 108 cm³/mol. The van der Waals surface area contributed by atoms with E-state index in [1.165, 1.54) is 16.7 Å². The summed E-state index contributed by atoms with van der Waals surface area (Å²) in [6, 6.07) is 6.57. The molecule has 1 heterocycles. The summed E-state index contributed by atoms with van der Waals surface area (Å²) in [5, 5.41) is 0. The summed E-state index contributed by atoms with van der Waals surface area (Å²) < 4.78 is 12.4. The molecule has 2 rings (SSSR count). The molecule has 1 fully saturated rings. The van der Waals surface area contributed by atoms with Crippen LogP contribution in [0.15, 0.2) is 23.7 Å². The zero-order valence-corrected chi connectivity index (χ0v) is 17.1. The van der Waals surface area contributed by atoms with Gasteiger partial charge in [0.25, 0.3) is 0 Å². The number of benzene rings is 1. The molecule has 1 saturated heterocycles. The van der Waals surface area contributed by atoms with Crippen LogP contribution in [0.4, 0.5) is 0 Å². The van der Waals surface area contributed by atoms with Gasteiger partial charge in [-0.05, 0) is 61.7 Å². The smallest absolute Gasteiger partial charge is 0.400 e. The molecule has 3 nitrogen and oxygen atoms in total. The molecule has 25 heavy (non-hydrogen) atoms. The van der Waals surface area contributed by atoms with E-state index in [0.29, 0.717) is 18.4 Å². The van der Waals surface area contributed by atoms with Crippen molar-refractivity contribution in [3.05, 3.63) is 40.4 Å². The molecule has 1 aliphatic heterocycles. The van der Waals surface area contributed by atoms with E-state index in [-0.39, 0.29) is 11.2 Å². The van der Waals surface area contributed by atoms with E-state index in [4.69, 9.17) is 15.0 Å². The Morgan fingerprint density at radius 3 is 1.80 bits per heavy atom. The molecule has 0 atom stereocenters. The molecule has 0 saturated carbocycles. The third kappa shape index (κ3) is 4.02. The highest BCUT2D eigenvalue weighted by Crippen LogP contribution is 2.39. The molecule has 0 aliphatic carbocycles. The molecule has 0 radical (unpaired) electrons. The summed E-state index contributed by atoms with van der Waals surface area (Å²) in [5.41, 5.74) is 10.3. The maximum atomic E-state index is 6.22. The van der Waals surface area contributed by atoms with Gasteiger partial charge in [-0.15, -0.1) is 0 Å². The third-order valence-electron chi connectivity index (χ3n) is 5.54. The van der Waals surface area contributed by atoms with Gasteiger partial charge in [-0.2, -0.15) is 0 Å². The quantitative estimate of drug-likeness (QED) is 0.773. The van der Waals surface area contributed by atoms with E-state index in [1.807, 2.05) is 0 Å². The lowest BCUT2D eigenvalue weighted by atomic mass is 9.75. The van der Waals surface area contributed by atoms with E-state index in [0.717, 1.165) is 5.47 Å². The number of rotatable bonds is 5. The Morgan fingerprint density at radius 2 is 1.44 bits per heavy atom. The van der Waals surface area contributed by atoms with Crippen LogP contribution < -0.4 is 5.73 Å². The Labute approximate surface area is 154 Å². The van der Waals surface area contributed by atoms with Crippen molar-refractivity contribution in [2.24, 2.45) is 5.73 Å². The lowest BCUT2D eigenvalue weighted by Gasteiger charge is -2.32. The second-order valence-corrected chi connectivity index (χ2v) is 8.67. The standard InChI is InChI=1S/C21H34BNO2/c1-14(2)17-10-9-11-18(15(3)4)19(17)12-16(13-23)22-24-20(5,6)21(7,8)25-22/h9-12,14-15H,13,23H2,1-8H3. The number of hydrogen-bond acceptors (Lipinski definition) is 3. The average Bonchev–Trinajstić information content (AvgIpc) is 2.72. The normalized spacial score (nSPS) is 20.0. The van der Waals surface area contributed by atoms with Crippen molar-refractivity contribution in [3.63, 3.8) is 0 Å². The van der Waals surface area contributed by atoms with Crippen LogP contribution in [0.2, 0.25) is 0 Å². The molecule has 0 bridgehead atoms. The third-order valence-corrected chi connectivity index (χ3v) is 5.54. The molecule has 1 aromatic rings. The highest BCUT2D eigenvalue weighted by atomic mass is 16.7. The van der Waals surface area contributed by atoms with E-state index >= 15 is 0 Å². The summed E-state index contributed by atoms with van der Waals surface area (Å²) >= 11 is 0. The van der Waals surface area contributed by atoms with E-state index in [2.05, 4.69) is 79.7 Å². The van der Waals surface area contributed by atoms with Crippen molar-refractivity contribution in [2.75, 3.05) is 6.54 Å². The zero-order valence-electron chi connectivity index (χ0n) is 17.1. The lowest BCUT2D eigenvalue weighted by molar-refractivity contribution is 0.00578. The Morgan fingerprint density at radius 1 is 1.00 bits per heavy atom. The van der Waals surface area contributed by atoms with E-state index in [1.54, 1.807) is 0 Å². The van der Waals surface area contributed by atoms with Crippen LogP contribution >= 0.6 is 0 Å². The lowest BCUT2D eigenvalue weighted by Crippen LogP contribution is -2.41. The first-order valence-corrected chi connectivity index (χ1v) is 9.39. The summed E-state index contributed by atoms with van der Waals surface area (Å²) in [4.78, 5) is 0. The molecule has 1 aromatic carbocycles. The van der Waals surface area contributed by atoms with Gasteiger partial charge in [0, 0.05) is 6.54 Å². The topological polar surface area (TPSA) is 44.5 Å². The Bertz CT molecular complexity index is 605. The maximum Gasteiger partial charge on any atom is 0.491 e. The second kappa shape index (κ2) is 7.26. The van der Waals surface area contributed by atoms with Gasteiger partial charge in [0.2, 0.25) is 0 Å². The Kier molecular flexibility index (Phi) is 5.87. The van der Waals surface area contributed by atoms with Crippen molar-refractivity contribution >= 4 is 13.2 Å². The van der Waals surface area contributed by atoms with Crippen LogP contribution in [0, 0.1) is 0 Å². The van der Waals surface area contributed by atoms with Crippen LogP contribution in [0.3, 0.4) is 0 Å². The van der Waals surface area contributed by atoms with Crippen molar-refractivity contribution in [1.29, 1.82) is 0 Å². The van der Waals surface area contributed by atoms with Gasteiger partial charge < -0.3 is 15.0 Å². The molecule has 0 amide bonds. The molecule has 1 aliphatic rings. The first kappa shape index (κ1) is 20.2. The van der Waals surface area contributed by atoms with Gasteiger partial charge in [-0.1, -0.05) is 52.0 Å². The highest BCUT2D eigenvalue weighted by Gasteiger charge is 2.52. The van der Waals surface area contributed by atoms with Crippen molar-refractivity contribution < 1.29 is 9.31 Å². The minimum absolute atomic E-state index is 0.357. The van der Waals surface area contributed by atoms with Crippen molar-refractivity contribution in [1.82, 2.24) is 0 Å². The average molecular weight is 343 g/mol. The van der Waals surface area contributed by atoms with Crippen LogP contribution in [0.5, 0.6) is 0 Å². The fourth-order valence-electron chi connectivity index (χ4n) is 3.18. The Balaban J connectivity index is 2.51. The molecule has 2 N–H and O–H groups in total. The van der Waals surface area contributed by atoms with Crippen LogP contribution in [0.25, 0.3) is 6.08 Å². The summed E-state index contributed by atoms with van der Waals surface area (Å²) in [6.07, 6.45) is 2.20. The molecule has 138 valence electrons. The minimum Gasteiger partial charge on any atom is -0.400 e. The number of nitrogens with two attached hydrogens (primary N) is 1. The molecule has 0 aromatic heterocycles. The molecule has 4 heteroatoms. The molecular formula is C21H34BNO2. The van der Waals surface area contributed by atoms with Gasteiger partial charge >= 0.3 is 7.12 Å². The Hall–Kier alpha value is -1.10. The van der Waals surface area contributed by atoms with Crippen LogP contribution in [-0.2, 0) is 9.31 Å². The van der Waals surface area contributed by atoms with E-state index in [9.17, 15) is 0 Å². The van der Waals surface area contributed by atoms with Gasteiger partial charge in [-0.25, -0.2) is 0 Å². The maximum absolute atomic E-state index is 6.22. The van der Waals surface area contributed by atoms with E-state index < -0.39 is 7.12 Å². The summed E-state index contributed by atoms with van der Waals surface area (Å²) in [5.74, 6) is 0.893. The summed E-state index contributed by atoms with van der Waals surface area (Å²) in [7, 11) is -0.393. The first-order chi connectivity index (χ1) is 11.5. The fourth-order valence-corrected chi connectivity index (χ4v) is 3.18. The van der Waals surface area contributed by atoms with Gasteiger partial charge in [-0.3, -0.25) is 0 Å². The SMILES string of the molecule is CC(C)c1cccc(C(C)C)c1C=C(CN)B1OC(C)(C)C(C)(C)O1. The number of hydrogen-bond donors (Lipinski definition) is 1. The van der Waals surface area contributed by atoms with Crippen molar-refractivity contribution in [2.45, 2.75) is 78.4 Å². The fraction of sp³-hybridized carbons (Fsp3) is 0.619. The highest BCUT2D eigenvalue weighted by molar-refractivity contribution is 6.56. The first-order valence-electron chi connectivity index (χ1n) is 9.39. The van der Waals surface area contributed by atoms with Crippen LogP contribution in [0.1, 0.15) is 83.9 Å². The predicted octanol–water partition coefficient (Wildman–Crippen LogP) is 4.91. The largest absolute Gasteiger partial charge is 0.491 e. The monoisotopic (exact) mass is 343 g/mol. The van der Waals surface area contributed by atoms with Gasteiger partial charge in [0.1, 0.15) is 0 Å². The minimum atomic E-state index is -0.393. The zero-order chi connectivity index (χ0) is 19.0. The molecular weight excluding hydrogens is 309 g/mol. The molecule has 0 unspecified atom stereocenters. The second-order valence-electron chi connectivity index (χ2n) is 8.67. The van der Waals surface area contributed by atoms with Gasteiger partial charge in [0.05, 0.1) is 11.2 Å². The molecule has 0 spiro atoms. The summed E-state index contributed by atoms with van der Waals surface area (Å²) in [6.45, 7) is 17.6. The van der Waals surface area contributed by atoms with Crippen LogP contribution in [-0.4, -0.2) is 24.9 Å².